The van der Waals surface area contributed by atoms with Gasteiger partial charge in [-0.2, -0.15) is 8.42 Å². The van der Waals surface area contributed by atoms with Crippen LogP contribution in [0.4, 0.5) is 11.5 Å². The lowest BCUT2D eigenvalue weighted by Gasteiger charge is -2.64. The molecule has 13 nitrogen and oxygen atoms in total. The maximum absolute atomic E-state index is 12.6. The van der Waals surface area contributed by atoms with Gasteiger partial charge in [-0.25, -0.2) is 9.97 Å². The van der Waals surface area contributed by atoms with Crippen LogP contribution in [0, 0.1) is 10.1 Å². The number of anilines is 1. The number of nitrogens with zero attached hydrogens (tertiary/aromatic N) is 4. The molecule has 0 spiro atoms. The van der Waals surface area contributed by atoms with Crippen molar-refractivity contribution in [3.63, 3.8) is 0 Å². The van der Waals surface area contributed by atoms with Crippen LogP contribution in [-0.2, 0) is 40.9 Å². The monoisotopic (exact) mass is 563 g/mol. The highest BCUT2D eigenvalue weighted by Gasteiger charge is 2.74. The van der Waals surface area contributed by atoms with Crippen LogP contribution >= 0.6 is 0 Å². The fraction of sp³-hybridized carbons (Fsp3) is 0.391. The molecule has 2 bridgehead atoms. The molecule has 0 radical (unpaired) electrons. The normalized spacial score (nSPS) is 22.9. The number of benzene rings is 2. The summed E-state index contributed by atoms with van der Waals surface area (Å²) in [5.74, 6) is -0.826. The highest BCUT2D eigenvalue weighted by Crippen LogP contribution is 2.62. The van der Waals surface area contributed by atoms with Crippen molar-refractivity contribution in [1.82, 2.24) is 9.97 Å². The molecule has 3 aliphatic rings. The summed E-state index contributed by atoms with van der Waals surface area (Å²) in [5.41, 5.74) is 1.01. The van der Waals surface area contributed by atoms with Crippen LogP contribution in [0.25, 0.3) is 10.9 Å². The topological polar surface area (TPSA) is 164 Å². The van der Waals surface area contributed by atoms with E-state index in [0.29, 0.717) is 41.4 Å². The summed E-state index contributed by atoms with van der Waals surface area (Å²) in [6, 6.07) is 8.22. The summed E-state index contributed by atoms with van der Waals surface area (Å²) in [6.07, 6.45) is 3.68. The highest BCUT2D eigenvalue weighted by molar-refractivity contribution is 7.99. The molecule has 3 aliphatic heterocycles. The van der Waals surface area contributed by atoms with Gasteiger partial charge in [-0.3, -0.25) is 24.3 Å². The van der Waals surface area contributed by atoms with Gasteiger partial charge in [-0.1, -0.05) is 10.7 Å². The van der Waals surface area contributed by atoms with Gasteiger partial charge >= 0.3 is 5.97 Å². The molecule has 6 rings (SSSR count). The minimum atomic E-state index is -3.94. The van der Waals surface area contributed by atoms with Crippen LogP contribution in [0.15, 0.2) is 51.4 Å². The second kappa shape index (κ2) is 9.81. The molecule has 0 amide bonds. The molecule has 4 heterocycles. The molecule has 0 saturated carbocycles. The lowest BCUT2D eigenvalue weighted by molar-refractivity contribution is -0.801. The minimum absolute atomic E-state index is 0.0920. The molecule has 1 atom stereocenters. The molecule has 3 saturated heterocycles. The standard InChI is InChI=1S/C23H25N5O8S2/c1-4-24-21-17-12-18(23-34-22(2,35-23)36-23)20(13-19(17)25-14-26-21)33-10-5-11-37(3)27-38(31,32)16-8-6-15(7-9-16)28(29)30/h6-9,12-14H,4-5,10-11H2,1-3H3,(H,24,25,26). The maximum Gasteiger partial charge on any atom is 0.328 e. The molecule has 3 aromatic rings. The van der Waals surface area contributed by atoms with Crippen molar-refractivity contribution in [2.75, 3.05) is 30.5 Å². The van der Waals surface area contributed by atoms with Gasteiger partial charge in [0.15, 0.2) is 0 Å². The number of non-ortho nitro benzene ring substituents is 1. The Hall–Kier alpha value is -3.24. The zero-order valence-corrected chi connectivity index (χ0v) is 22.4. The average molecular weight is 564 g/mol. The summed E-state index contributed by atoms with van der Waals surface area (Å²) in [7, 11) is -4.77. The number of fused-ring (bicyclic) bond motifs is 1. The Morgan fingerprint density at radius 2 is 1.89 bits per heavy atom. The Bertz CT molecular complexity index is 1530. The number of hydrogen-bond acceptors (Lipinski definition) is 11. The van der Waals surface area contributed by atoms with E-state index in [9.17, 15) is 18.5 Å². The third-order valence-corrected chi connectivity index (χ3v) is 9.33. The van der Waals surface area contributed by atoms with E-state index in [4.69, 9.17) is 18.9 Å². The minimum Gasteiger partial charge on any atom is -0.493 e. The number of rotatable bonds is 11. The SMILES string of the molecule is CCNc1ncnc2cc(OCCCS(C)=NS(=O)(=O)c3ccc([N+](=O)[O-])cc3)c(C34OC(C)(O3)O4)cc12. The Labute approximate surface area is 220 Å². The van der Waals surface area contributed by atoms with Gasteiger partial charge in [0.2, 0.25) is 0 Å². The highest BCUT2D eigenvalue weighted by atomic mass is 32.3. The summed E-state index contributed by atoms with van der Waals surface area (Å²) in [5, 5.41) is 14.8. The van der Waals surface area contributed by atoms with E-state index in [-0.39, 0.29) is 17.2 Å². The summed E-state index contributed by atoms with van der Waals surface area (Å²) in [4.78, 5) is 18.8. The lowest BCUT2D eigenvalue weighted by Crippen LogP contribution is -2.76. The van der Waals surface area contributed by atoms with Gasteiger partial charge in [0.25, 0.3) is 21.7 Å². The van der Waals surface area contributed by atoms with Gasteiger partial charge in [0.1, 0.15) is 17.9 Å². The Kier molecular flexibility index (Phi) is 6.81. The second-order valence-electron chi connectivity index (χ2n) is 8.65. The predicted octanol–water partition coefficient (Wildman–Crippen LogP) is 3.42. The Morgan fingerprint density at radius 1 is 1.18 bits per heavy atom. The number of nitro groups is 1. The molecule has 1 N–H and O–H groups in total. The number of sulfonamides is 1. The lowest BCUT2D eigenvalue weighted by atomic mass is 10.0. The van der Waals surface area contributed by atoms with Crippen molar-refractivity contribution in [3.05, 3.63) is 58.4 Å². The van der Waals surface area contributed by atoms with Crippen molar-refractivity contribution in [2.45, 2.75) is 37.1 Å². The first-order valence-corrected chi connectivity index (χ1v) is 14.9. The maximum atomic E-state index is 12.6. The van der Waals surface area contributed by atoms with Crippen LogP contribution in [0.1, 0.15) is 25.8 Å². The zero-order chi connectivity index (χ0) is 27.1. The molecular formula is C23H25N5O8S2. The van der Waals surface area contributed by atoms with E-state index in [1.807, 2.05) is 13.0 Å². The molecule has 15 heteroatoms. The van der Waals surface area contributed by atoms with Crippen LogP contribution < -0.4 is 10.1 Å². The molecule has 3 fully saturated rings. The molecule has 1 aromatic heterocycles. The molecular weight excluding hydrogens is 538 g/mol. The zero-order valence-electron chi connectivity index (χ0n) is 20.7. The van der Waals surface area contributed by atoms with Crippen molar-refractivity contribution >= 4 is 43.1 Å². The van der Waals surface area contributed by atoms with Crippen molar-refractivity contribution < 1.29 is 32.3 Å². The van der Waals surface area contributed by atoms with Gasteiger partial charge in [0, 0.05) is 42.8 Å². The number of nitrogens with one attached hydrogen (secondary N) is 1. The van der Waals surface area contributed by atoms with Gasteiger partial charge in [-0.15, -0.1) is 3.77 Å². The fourth-order valence-electron chi connectivity index (χ4n) is 4.11. The van der Waals surface area contributed by atoms with Crippen LogP contribution in [0.2, 0.25) is 0 Å². The molecule has 38 heavy (non-hydrogen) atoms. The van der Waals surface area contributed by atoms with Gasteiger partial charge < -0.3 is 10.1 Å². The van der Waals surface area contributed by atoms with Crippen molar-refractivity contribution in [3.8, 4) is 5.75 Å². The number of nitro benzene ring substituents is 1. The predicted molar refractivity (Wildman–Crippen MR) is 138 cm³/mol. The van der Waals surface area contributed by atoms with Crippen molar-refractivity contribution in [1.29, 1.82) is 0 Å². The summed E-state index contributed by atoms with van der Waals surface area (Å²) in [6.45, 7) is 4.58. The second-order valence-corrected chi connectivity index (χ2v) is 12.3. The molecule has 202 valence electrons. The first-order valence-electron chi connectivity index (χ1n) is 11.7. The van der Waals surface area contributed by atoms with E-state index in [1.165, 1.54) is 18.5 Å². The number of aromatic nitrogens is 2. The molecule has 1 unspecified atom stereocenters. The summed E-state index contributed by atoms with van der Waals surface area (Å²) < 4.78 is 52.4. The van der Waals surface area contributed by atoms with E-state index in [0.717, 1.165) is 17.5 Å². The smallest absolute Gasteiger partial charge is 0.328 e. The third-order valence-electron chi connectivity index (χ3n) is 5.78. The van der Waals surface area contributed by atoms with E-state index >= 15 is 0 Å². The largest absolute Gasteiger partial charge is 0.493 e. The number of ether oxygens (including phenoxy) is 4. The quantitative estimate of drug-likeness (QED) is 0.206. The fourth-order valence-corrected chi connectivity index (χ4v) is 7.11. The average Bonchev–Trinajstić information content (AvgIpc) is 2.84. The Balaban J connectivity index is 1.28. The third kappa shape index (κ3) is 4.94. The van der Waals surface area contributed by atoms with E-state index < -0.39 is 37.6 Å². The van der Waals surface area contributed by atoms with E-state index in [2.05, 4.69) is 19.1 Å². The number of hydrogen-bond donors (Lipinski definition) is 1. The summed E-state index contributed by atoms with van der Waals surface area (Å²) >= 11 is 0. The van der Waals surface area contributed by atoms with Crippen molar-refractivity contribution in [2.24, 2.45) is 3.77 Å². The van der Waals surface area contributed by atoms with Crippen LogP contribution in [0.5, 0.6) is 5.75 Å². The van der Waals surface area contributed by atoms with E-state index in [1.54, 1.807) is 19.2 Å². The van der Waals surface area contributed by atoms with Gasteiger partial charge in [-0.05, 0) is 37.8 Å². The molecule has 0 aliphatic carbocycles. The first kappa shape index (κ1) is 26.4. The Morgan fingerprint density at radius 3 is 2.53 bits per heavy atom. The van der Waals surface area contributed by atoms with Gasteiger partial charge in [0.05, 0.1) is 27.5 Å². The van der Waals surface area contributed by atoms with Crippen LogP contribution in [-0.4, -0.2) is 54.4 Å². The van der Waals surface area contributed by atoms with Crippen LogP contribution in [0.3, 0.4) is 0 Å². The molecule has 2 aromatic carbocycles. The first-order chi connectivity index (χ1) is 18.0.